The second kappa shape index (κ2) is 6.07. The second-order valence-corrected chi connectivity index (χ2v) is 7.80. The molecule has 0 spiro atoms. The van der Waals surface area contributed by atoms with Crippen LogP contribution in [0.2, 0.25) is 0 Å². The average molecular weight is 364 g/mol. The molecule has 0 saturated heterocycles. The molecule has 2 aromatic carbocycles. The molecule has 0 amide bonds. The minimum absolute atomic E-state index is 0.0672. The van der Waals surface area contributed by atoms with Gasteiger partial charge in [0.05, 0.1) is 5.57 Å². The number of hydrogen-bond donors (Lipinski definition) is 0. The molecule has 4 nitrogen and oxygen atoms in total. The van der Waals surface area contributed by atoms with Gasteiger partial charge in [0.2, 0.25) is 0 Å². The lowest BCUT2D eigenvalue weighted by molar-refractivity contribution is -0.133. The predicted octanol–water partition coefficient (Wildman–Crippen LogP) is 3.14. The van der Waals surface area contributed by atoms with Gasteiger partial charge in [-0.15, -0.1) is 0 Å². The molecule has 3 rings (SSSR count). The highest BCUT2D eigenvalue weighted by Crippen LogP contribution is 2.34. The van der Waals surface area contributed by atoms with Gasteiger partial charge in [0.25, 0.3) is 0 Å². The molecule has 7 heteroatoms. The van der Waals surface area contributed by atoms with E-state index in [1.54, 1.807) is 6.92 Å². The lowest BCUT2D eigenvalue weighted by atomic mass is 9.95. The molecular formula is C18H14F2O4S. The highest BCUT2D eigenvalue weighted by atomic mass is 32.2. The minimum Gasteiger partial charge on any atom is -0.457 e. The van der Waals surface area contributed by atoms with Gasteiger partial charge >= 0.3 is 5.97 Å². The number of hydrogen-bond acceptors (Lipinski definition) is 4. The summed E-state index contributed by atoms with van der Waals surface area (Å²) in [6, 6.07) is 7.85. The van der Waals surface area contributed by atoms with Crippen LogP contribution >= 0.6 is 0 Å². The lowest BCUT2D eigenvalue weighted by Gasteiger charge is -2.08. The summed E-state index contributed by atoms with van der Waals surface area (Å²) in [5.74, 6) is -1.89. The first-order valence-electron chi connectivity index (χ1n) is 7.35. The van der Waals surface area contributed by atoms with Crippen molar-refractivity contribution in [2.45, 2.75) is 11.8 Å². The van der Waals surface area contributed by atoms with E-state index in [2.05, 4.69) is 0 Å². The molecule has 0 N–H and O–H groups in total. The summed E-state index contributed by atoms with van der Waals surface area (Å²) in [5.41, 5.74) is 1.81. The van der Waals surface area contributed by atoms with Crippen LogP contribution in [0.4, 0.5) is 8.78 Å². The Balaban J connectivity index is 2.16. The van der Waals surface area contributed by atoms with Gasteiger partial charge in [-0.05, 0) is 47.9 Å². The van der Waals surface area contributed by atoms with Crippen LogP contribution in [0.5, 0.6) is 0 Å². The topological polar surface area (TPSA) is 60.4 Å². The van der Waals surface area contributed by atoms with Crippen LogP contribution in [0.15, 0.2) is 41.3 Å². The van der Waals surface area contributed by atoms with Crippen LogP contribution < -0.4 is 0 Å². The molecule has 2 aromatic rings. The number of aryl methyl sites for hydroxylation is 1. The van der Waals surface area contributed by atoms with Crippen LogP contribution in [0.3, 0.4) is 0 Å². The lowest BCUT2D eigenvalue weighted by Crippen LogP contribution is -2.02. The second-order valence-electron chi connectivity index (χ2n) is 5.81. The van der Waals surface area contributed by atoms with E-state index in [0.29, 0.717) is 22.3 Å². The first-order valence-corrected chi connectivity index (χ1v) is 9.24. The number of benzene rings is 2. The van der Waals surface area contributed by atoms with Gasteiger partial charge in [0.15, 0.2) is 9.84 Å². The highest BCUT2D eigenvalue weighted by Gasteiger charge is 2.28. The van der Waals surface area contributed by atoms with E-state index >= 15 is 0 Å². The highest BCUT2D eigenvalue weighted by molar-refractivity contribution is 7.90. The van der Waals surface area contributed by atoms with Crippen LogP contribution in [-0.2, 0) is 19.4 Å². The molecular weight excluding hydrogens is 350 g/mol. The summed E-state index contributed by atoms with van der Waals surface area (Å²) in [7, 11) is -3.69. The molecule has 1 aliphatic heterocycles. The third-order valence-electron chi connectivity index (χ3n) is 3.98. The molecule has 0 aliphatic carbocycles. The molecule has 130 valence electrons. The van der Waals surface area contributed by atoms with Crippen molar-refractivity contribution in [1.82, 2.24) is 0 Å². The Morgan fingerprint density at radius 2 is 1.68 bits per heavy atom. The van der Waals surface area contributed by atoms with E-state index < -0.39 is 32.3 Å². The summed E-state index contributed by atoms with van der Waals surface area (Å²) in [5, 5.41) is 0. The molecule has 0 bridgehead atoms. The summed E-state index contributed by atoms with van der Waals surface area (Å²) in [4.78, 5) is 11.7. The molecule has 0 saturated carbocycles. The van der Waals surface area contributed by atoms with Gasteiger partial charge in [-0.25, -0.2) is 22.0 Å². The fourth-order valence-electron chi connectivity index (χ4n) is 2.71. The number of carbonyl (C=O) groups is 1. The van der Waals surface area contributed by atoms with Crippen molar-refractivity contribution in [2.24, 2.45) is 0 Å². The van der Waals surface area contributed by atoms with Gasteiger partial charge < -0.3 is 4.74 Å². The Labute approximate surface area is 143 Å². The first-order chi connectivity index (χ1) is 11.7. The number of rotatable bonds is 3. The van der Waals surface area contributed by atoms with E-state index in [1.807, 2.05) is 0 Å². The summed E-state index contributed by atoms with van der Waals surface area (Å²) in [6.45, 7) is 1.50. The van der Waals surface area contributed by atoms with Crippen molar-refractivity contribution in [1.29, 1.82) is 0 Å². The summed E-state index contributed by atoms with van der Waals surface area (Å²) >= 11 is 0. The van der Waals surface area contributed by atoms with Gasteiger partial charge in [0.1, 0.15) is 23.1 Å². The minimum atomic E-state index is -3.69. The van der Waals surface area contributed by atoms with E-state index in [-0.39, 0.29) is 12.2 Å². The Bertz CT molecular complexity index is 1020. The Morgan fingerprint density at radius 1 is 1.00 bits per heavy atom. The van der Waals surface area contributed by atoms with Gasteiger partial charge in [-0.2, -0.15) is 0 Å². The molecule has 0 fully saturated rings. The average Bonchev–Trinajstić information content (AvgIpc) is 2.90. The quantitative estimate of drug-likeness (QED) is 0.785. The van der Waals surface area contributed by atoms with Gasteiger partial charge in [0, 0.05) is 11.8 Å². The molecule has 0 aromatic heterocycles. The standard InChI is InChI=1S/C18H14F2O4S/c1-10-7-12(3-5-14(10)19)17-13(9-24-18(17)21)11-4-6-16(15(20)8-11)25(2,22)23/h3-8H,9H2,1-2H3. The molecule has 25 heavy (non-hydrogen) atoms. The number of esters is 1. The van der Waals surface area contributed by atoms with Crippen molar-refractivity contribution in [3.8, 4) is 0 Å². The maximum absolute atomic E-state index is 14.2. The molecule has 1 heterocycles. The van der Waals surface area contributed by atoms with Crippen LogP contribution in [0.1, 0.15) is 16.7 Å². The number of sulfone groups is 1. The predicted molar refractivity (Wildman–Crippen MR) is 88.4 cm³/mol. The fourth-order valence-corrected chi connectivity index (χ4v) is 3.44. The van der Waals surface area contributed by atoms with E-state index in [9.17, 15) is 22.0 Å². The van der Waals surface area contributed by atoms with Crippen LogP contribution in [0, 0.1) is 18.6 Å². The zero-order valence-electron chi connectivity index (χ0n) is 13.5. The molecule has 0 radical (unpaired) electrons. The zero-order chi connectivity index (χ0) is 18.4. The van der Waals surface area contributed by atoms with Crippen molar-refractivity contribution in [3.05, 3.63) is 64.7 Å². The van der Waals surface area contributed by atoms with Crippen molar-refractivity contribution < 1.29 is 26.7 Å². The molecule has 0 atom stereocenters. The first kappa shape index (κ1) is 17.3. The number of carbonyl (C=O) groups excluding carboxylic acids is 1. The van der Waals surface area contributed by atoms with E-state index in [4.69, 9.17) is 4.74 Å². The maximum Gasteiger partial charge on any atom is 0.339 e. The normalized spacial score (nSPS) is 14.8. The van der Waals surface area contributed by atoms with Crippen LogP contribution in [0.25, 0.3) is 11.1 Å². The number of halogens is 2. The monoisotopic (exact) mass is 364 g/mol. The largest absolute Gasteiger partial charge is 0.457 e. The van der Waals surface area contributed by atoms with E-state index in [1.165, 1.54) is 24.3 Å². The SMILES string of the molecule is Cc1cc(C2=C(c3ccc(S(C)(=O)=O)c(F)c3)COC2=O)ccc1F. The smallest absolute Gasteiger partial charge is 0.339 e. The third-order valence-corrected chi connectivity index (χ3v) is 5.11. The van der Waals surface area contributed by atoms with Crippen molar-refractivity contribution in [3.63, 3.8) is 0 Å². The Kier molecular flexibility index (Phi) is 4.20. The summed E-state index contributed by atoms with van der Waals surface area (Å²) < 4.78 is 55.7. The van der Waals surface area contributed by atoms with E-state index in [0.717, 1.165) is 18.4 Å². The third kappa shape index (κ3) is 3.19. The summed E-state index contributed by atoms with van der Waals surface area (Å²) in [6.07, 6.45) is 0.916. The van der Waals surface area contributed by atoms with Crippen molar-refractivity contribution in [2.75, 3.05) is 12.9 Å². The number of cyclic esters (lactones) is 1. The van der Waals surface area contributed by atoms with Gasteiger partial charge in [-0.3, -0.25) is 0 Å². The zero-order valence-corrected chi connectivity index (χ0v) is 14.3. The van der Waals surface area contributed by atoms with Crippen LogP contribution in [-0.4, -0.2) is 27.2 Å². The fraction of sp³-hybridized carbons (Fsp3) is 0.167. The number of ether oxygens (including phenoxy) is 1. The Hall–Kier alpha value is -2.54. The maximum atomic E-state index is 14.2. The Morgan fingerprint density at radius 3 is 2.28 bits per heavy atom. The molecule has 1 aliphatic rings. The van der Waals surface area contributed by atoms with Crippen molar-refractivity contribution >= 4 is 27.0 Å². The molecule has 0 unspecified atom stereocenters. The van der Waals surface area contributed by atoms with Gasteiger partial charge in [-0.1, -0.05) is 12.1 Å².